The number of aliphatic hydroxyl groups is 1. The first-order chi connectivity index (χ1) is 12.1. The number of aromatic nitrogens is 4. The highest BCUT2D eigenvalue weighted by Gasteiger charge is 2.48. The smallest absolute Gasteiger partial charge is 0.290 e. The minimum atomic E-state index is -0.541. The number of H-pyrrole nitrogens is 1. The van der Waals surface area contributed by atoms with Gasteiger partial charge in [0, 0.05) is 24.5 Å². The van der Waals surface area contributed by atoms with Gasteiger partial charge in [-0.2, -0.15) is 0 Å². The van der Waals surface area contributed by atoms with Crippen molar-refractivity contribution in [3.63, 3.8) is 0 Å². The van der Waals surface area contributed by atoms with E-state index in [0.717, 1.165) is 29.5 Å². The van der Waals surface area contributed by atoms with Crippen LogP contribution in [0.25, 0.3) is 11.5 Å². The molecule has 2 aliphatic rings. The van der Waals surface area contributed by atoms with E-state index >= 15 is 0 Å². The Labute approximate surface area is 144 Å². The highest BCUT2D eigenvalue weighted by molar-refractivity contribution is 5.54. The van der Waals surface area contributed by atoms with Crippen molar-refractivity contribution in [2.24, 2.45) is 0 Å². The minimum Gasteiger partial charge on any atom is -0.483 e. The summed E-state index contributed by atoms with van der Waals surface area (Å²) in [5.41, 5.74) is 1.87. The molecule has 4 rings (SSSR count). The molecular weight excluding hydrogens is 328 g/mol. The van der Waals surface area contributed by atoms with Crippen LogP contribution in [-0.2, 0) is 20.7 Å². The molecule has 0 radical (unpaired) electrons. The number of hydrogen-bond acceptors (Lipinski definition) is 6. The Balaban J connectivity index is 0.000000569. The molecule has 0 bridgehead atoms. The summed E-state index contributed by atoms with van der Waals surface area (Å²) in [7, 11) is 0. The van der Waals surface area contributed by atoms with Crippen molar-refractivity contribution in [3.05, 3.63) is 23.9 Å². The summed E-state index contributed by atoms with van der Waals surface area (Å²) in [5.74, 6) is 1.77. The molecule has 0 aromatic carbocycles. The van der Waals surface area contributed by atoms with Crippen LogP contribution in [-0.4, -0.2) is 67.7 Å². The van der Waals surface area contributed by atoms with Crippen molar-refractivity contribution in [1.29, 1.82) is 0 Å². The normalized spacial score (nSPS) is 27.6. The van der Waals surface area contributed by atoms with Crippen LogP contribution in [0, 0.1) is 6.92 Å². The third kappa shape index (κ3) is 3.17. The zero-order chi connectivity index (χ0) is 18.0. The monoisotopic (exact) mass is 350 g/mol. The molecule has 9 heteroatoms. The quantitative estimate of drug-likeness (QED) is 0.691. The number of nitrogens with zero attached hydrogens (tertiary/aromatic N) is 3. The van der Waals surface area contributed by atoms with Crippen molar-refractivity contribution in [2.75, 3.05) is 13.2 Å². The minimum absolute atomic E-state index is 0.0147. The second-order valence-corrected chi connectivity index (χ2v) is 6.00. The Bertz CT molecular complexity index is 728. The van der Waals surface area contributed by atoms with Crippen LogP contribution in [0.3, 0.4) is 0 Å². The standard InChI is InChI=1S/C15H20N4O3.CH2O2/c1-3-11-17-8(2)12(18-11)15-16-4-5-19(15)9-6-21-14-10(20)7-22-13(9)14;2-1-3/h4-5,9-10,13-14,20H,3,6-7H2,1-2H3,(H,17,18);1H,(H,2,3)/t9-,10-,13-,14-;/m1./s1. The van der Waals surface area contributed by atoms with E-state index in [2.05, 4.69) is 26.4 Å². The molecule has 4 heterocycles. The molecule has 9 nitrogen and oxygen atoms in total. The molecule has 2 aromatic rings. The van der Waals surface area contributed by atoms with Gasteiger partial charge in [-0.25, -0.2) is 9.97 Å². The Kier molecular flexibility index (Phi) is 5.16. The number of aliphatic hydroxyl groups excluding tert-OH is 1. The molecule has 2 aliphatic heterocycles. The van der Waals surface area contributed by atoms with Gasteiger partial charge in [0.15, 0.2) is 5.82 Å². The van der Waals surface area contributed by atoms with Crippen molar-refractivity contribution < 1.29 is 24.5 Å². The molecule has 0 aliphatic carbocycles. The van der Waals surface area contributed by atoms with Crippen LogP contribution in [0.1, 0.15) is 24.5 Å². The lowest BCUT2D eigenvalue weighted by Crippen LogP contribution is -2.30. The molecule has 2 fully saturated rings. The maximum absolute atomic E-state index is 9.89. The van der Waals surface area contributed by atoms with Gasteiger partial charge in [0.1, 0.15) is 29.8 Å². The highest BCUT2D eigenvalue weighted by Crippen LogP contribution is 2.36. The van der Waals surface area contributed by atoms with Crippen molar-refractivity contribution >= 4 is 6.47 Å². The summed E-state index contributed by atoms with van der Waals surface area (Å²) in [6, 6.07) is 0.0147. The number of ether oxygens (including phenoxy) is 2. The van der Waals surface area contributed by atoms with Gasteiger partial charge in [0.2, 0.25) is 0 Å². The SMILES string of the molecule is CCc1nc(-c2nccn2[C@@H]2CO[C@H]3[C@@H]2OC[C@H]3O)c(C)[nH]1.O=CO. The fraction of sp³-hybridized carbons (Fsp3) is 0.562. The average molecular weight is 350 g/mol. The summed E-state index contributed by atoms with van der Waals surface area (Å²) >= 11 is 0. The Morgan fingerprint density at radius 1 is 1.40 bits per heavy atom. The third-order valence-corrected chi connectivity index (χ3v) is 4.51. The topological polar surface area (TPSA) is 122 Å². The van der Waals surface area contributed by atoms with Crippen molar-refractivity contribution in [3.8, 4) is 11.5 Å². The van der Waals surface area contributed by atoms with Gasteiger partial charge in [0.25, 0.3) is 6.47 Å². The number of carbonyl (C=O) groups is 1. The summed E-state index contributed by atoms with van der Waals surface area (Å²) in [6.07, 6.45) is 3.64. The van der Waals surface area contributed by atoms with Crippen LogP contribution in [0.5, 0.6) is 0 Å². The fourth-order valence-electron chi connectivity index (χ4n) is 3.37. The first-order valence-corrected chi connectivity index (χ1v) is 8.18. The largest absolute Gasteiger partial charge is 0.483 e. The molecule has 0 saturated carbocycles. The molecule has 3 N–H and O–H groups in total. The molecule has 2 saturated heterocycles. The number of rotatable bonds is 3. The zero-order valence-electron chi connectivity index (χ0n) is 14.1. The van der Waals surface area contributed by atoms with Crippen LogP contribution in [0.4, 0.5) is 0 Å². The van der Waals surface area contributed by atoms with E-state index < -0.39 is 6.10 Å². The predicted molar refractivity (Wildman–Crippen MR) is 87.1 cm³/mol. The lowest BCUT2D eigenvalue weighted by atomic mass is 10.1. The van der Waals surface area contributed by atoms with Crippen molar-refractivity contribution in [1.82, 2.24) is 19.5 Å². The van der Waals surface area contributed by atoms with Crippen LogP contribution < -0.4 is 0 Å². The van der Waals surface area contributed by atoms with Crippen LogP contribution >= 0.6 is 0 Å². The lowest BCUT2D eigenvalue weighted by molar-refractivity contribution is -0.122. The maximum Gasteiger partial charge on any atom is 0.290 e. The summed E-state index contributed by atoms with van der Waals surface area (Å²) in [5, 5.41) is 16.8. The third-order valence-electron chi connectivity index (χ3n) is 4.51. The molecule has 136 valence electrons. The number of carboxylic acid groups (broad SMARTS) is 1. The summed E-state index contributed by atoms with van der Waals surface area (Å²) in [6.45, 7) is 4.67. The van der Waals surface area contributed by atoms with E-state index in [0.29, 0.717) is 13.2 Å². The lowest BCUT2D eigenvalue weighted by Gasteiger charge is -2.19. The summed E-state index contributed by atoms with van der Waals surface area (Å²) < 4.78 is 13.5. The van der Waals surface area contributed by atoms with E-state index in [1.807, 2.05) is 13.1 Å². The van der Waals surface area contributed by atoms with Gasteiger partial charge in [-0.1, -0.05) is 6.92 Å². The number of aromatic amines is 1. The number of hydrogen-bond donors (Lipinski definition) is 3. The maximum atomic E-state index is 9.89. The molecule has 0 spiro atoms. The van der Waals surface area contributed by atoms with Gasteiger partial charge >= 0.3 is 0 Å². The zero-order valence-corrected chi connectivity index (χ0v) is 14.1. The first-order valence-electron chi connectivity index (χ1n) is 8.18. The molecule has 0 amide bonds. The summed E-state index contributed by atoms with van der Waals surface area (Å²) in [4.78, 5) is 20.8. The molecule has 0 unspecified atom stereocenters. The predicted octanol–water partition coefficient (Wildman–Crippen LogP) is 0.544. The number of aryl methyl sites for hydroxylation is 2. The second kappa shape index (κ2) is 7.34. The Morgan fingerprint density at radius 2 is 2.12 bits per heavy atom. The van der Waals surface area contributed by atoms with Gasteiger partial charge in [-0.05, 0) is 6.92 Å². The van der Waals surface area contributed by atoms with E-state index in [4.69, 9.17) is 19.4 Å². The van der Waals surface area contributed by atoms with E-state index in [1.165, 1.54) is 0 Å². The van der Waals surface area contributed by atoms with E-state index in [-0.39, 0.29) is 24.7 Å². The van der Waals surface area contributed by atoms with Gasteiger partial charge in [0.05, 0.1) is 19.3 Å². The molecule has 25 heavy (non-hydrogen) atoms. The van der Waals surface area contributed by atoms with Crippen molar-refractivity contribution in [2.45, 2.75) is 44.6 Å². The molecule has 2 aromatic heterocycles. The van der Waals surface area contributed by atoms with Crippen LogP contribution in [0.15, 0.2) is 12.4 Å². The Morgan fingerprint density at radius 3 is 2.80 bits per heavy atom. The average Bonchev–Trinajstić information content (AvgIpc) is 3.33. The number of nitrogens with one attached hydrogen (secondary N) is 1. The van der Waals surface area contributed by atoms with E-state index in [1.54, 1.807) is 6.20 Å². The number of imidazole rings is 2. The molecule has 4 atom stereocenters. The fourth-order valence-corrected chi connectivity index (χ4v) is 3.37. The Hall–Kier alpha value is -2.23. The van der Waals surface area contributed by atoms with Crippen LogP contribution in [0.2, 0.25) is 0 Å². The molecular formula is C16H22N4O5. The number of fused-ring (bicyclic) bond motifs is 1. The van der Waals surface area contributed by atoms with Gasteiger partial charge in [-0.15, -0.1) is 0 Å². The van der Waals surface area contributed by atoms with Gasteiger partial charge in [-0.3, -0.25) is 4.79 Å². The van der Waals surface area contributed by atoms with E-state index in [9.17, 15) is 5.11 Å². The van der Waals surface area contributed by atoms with Gasteiger partial charge < -0.3 is 29.2 Å². The first kappa shape index (κ1) is 17.6. The second-order valence-electron chi connectivity index (χ2n) is 6.00. The highest BCUT2D eigenvalue weighted by atomic mass is 16.6.